The Morgan fingerprint density at radius 1 is 0.717 bits per heavy atom. The van der Waals surface area contributed by atoms with E-state index in [2.05, 4.69) is 15.6 Å². The van der Waals surface area contributed by atoms with E-state index in [-0.39, 0.29) is 17.4 Å². The number of aromatic nitrogens is 2. The van der Waals surface area contributed by atoms with Crippen molar-refractivity contribution in [3.8, 4) is 0 Å². The van der Waals surface area contributed by atoms with Gasteiger partial charge >= 0.3 is 0 Å². The zero-order valence-corrected chi connectivity index (χ0v) is 25.4. The zero-order valence-electron chi connectivity index (χ0n) is 24.6. The summed E-state index contributed by atoms with van der Waals surface area (Å²) in [5.74, 6) is -0.698. The highest BCUT2D eigenvalue weighted by molar-refractivity contribution is 8.00. The van der Waals surface area contributed by atoms with Crippen molar-refractivity contribution in [2.45, 2.75) is 4.90 Å². The van der Waals surface area contributed by atoms with E-state index >= 15 is 0 Å². The van der Waals surface area contributed by atoms with Gasteiger partial charge in [0.1, 0.15) is 5.70 Å². The van der Waals surface area contributed by atoms with E-state index in [1.54, 1.807) is 47.2 Å². The van der Waals surface area contributed by atoms with E-state index in [0.717, 1.165) is 43.2 Å². The fourth-order valence-electron chi connectivity index (χ4n) is 5.57. The standard InChI is InChI=1S/C38H28N4O3S/c43-36(42-34-19-8-5-16-30(34)31-17-6-9-20-35(31)42)24-46-28-14-10-13-27(22-28)40-38(45)33(41-37(44)25-11-2-1-3-12-25)21-26-23-39-32-18-7-4-15-29(26)32/h1-23,39H,24H2,(H,40,45)(H,41,44)/b33-21-. The van der Waals surface area contributed by atoms with Crippen LogP contribution >= 0.6 is 11.8 Å². The van der Waals surface area contributed by atoms with Crippen molar-refractivity contribution in [1.29, 1.82) is 0 Å². The van der Waals surface area contributed by atoms with Gasteiger partial charge in [-0.3, -0.25) is 19.0 Å². The molecule has 7 rings (SSSR count). The second-order valence-electron chi connectivity index (χ2n) is 10.7. The Hall–Kier alpha value is -5.86. The molecule has 8 heteroatoms. The van der Waals surface area contributed by atoms with Crippen LogP contribution < -0.4 is 10.6 Å². The predicted molar refractivity (Wildman–Crippen MR) is 186 cm³/mol. The second-order valence-corrected chi connectivity index (χ2v) is 11.8. The lowest BCUT2D eigenvalue weighted by Crippen LogP contribution is -2.30. The number of H-pyrrole nitrogens is 1. The van der Waals surface area contributed by atoms with Gasteiger partial charge < -0.3 is 15.6 Å². The number of hydrogen-bond acceptors (Lipinski definition) is 4. The van der Waals surface area contributed by atoms with Crippen LogP contribution in [0.15, 0.2) is 144 Å². The van der Waals surface area contributed by atoms with Gasteiger partial charge in [-0.05, 0) is 54.6 Å². The summed E-state index contributed by atoms with van der Waals surface area (Å²) in [6, 6.07) is 39.7. The van der Waals surface area contributed by atoms with Crippen LogP contribution in [0.25, 0.3) is 38.8 Å². The average Bonchev–Trinajstić information content (AvgIpc) is 3.66. The van der Waals surface area contributed by atoms with E-state index in [0.29, 0.717) is 11.3 Å². The lowest BCUT2D eigenvalue weighted by Gasteiger charge is -2.12. The Morgan fingerprint density at radius 2 is 1.37 bits per heavy atom. The summed E-state index contributed by atoms with van der Waals surface area (Å²) in [5, 5.41) is 8.73. The molecular formula is C38H28N4O3S. The molecule has 0 fully saturated rings. The van der Waals surface area contributed by atoms with Crippen LogP contribution in [-0.4, -0.2) is 33.0 Å². The fraction of sp³-hybridized carbons (Fsp3) is 0.0263. The third-order valence-corrected chi connectivity index (χ3v) is 8.71. The number of nitrogens with zero attached hydrogens (tertiary/aromatic N) is 1. The Bertz CT molecular complexity index is 2230. The van der Waals surface area contributed by atoms with Gasteiger partial charge in [-0.15, -0.1) is 11.8 Å². The quantitative estimate of drug-likeness (QED) is 0.118. The first-order valence-corrected chi connectivity index (χ1v) is 15.7. The molecule has 0 unspecified atom stereocenters. The van der Waals surface area contributed by atoms with E-state index < -0.39 is 11.8 Å². The molecule has 0 atom stereocenters. The number of para-hydroxylation sites is 3. The van der Waals surface area contributed by atoms with Crippen LogP contribution in [0.4, 0.5) is 5.69 Å². The lowest BCUT2D eigenvalue weighted by molar-refractivity contribution is -0.113. The summed E-state index contributed by atoms with van der Waals surface area (Å²) in [6.45, 7) is 0. The summed E-state index contributed by atoms with van der Waals surface area (Å²) in [6.07, 6.45) is 3.47. The van der Waals surface area contributed by atoms with Gasteiger partial charge in [-0.1, -0.05) is 78.9 Å². The minimum absolute atomic E-state index is 0.0376. The molecule has 2 heterocycles. The number of fused-ring (bicyclic) bond motifs is 4. The number of aromatic amines is 1. The van der Waals surface area contributed by atoms with Crippen LogP contribution in [0.1, 0.15) is 20.7 Å². The van der Waals surface area contributed by atoms with Crippen molar-refractivity contribution in [2.75, 3.05) is 11.1 Å². The summed E-state index contributed by atoms with van der Waals surface area (Å²) in [5.41, 5.74) is 4.51. The number of nitrogens with one attached hydrogen (secondary N) is 3. The molecule has 0 aliphatic carbocycles. The van der Waals surface area contributed by atoms with Crippen molar-refractivity contribution in [3.05, 3.63) is 150 Å². The minimum Gasteiger partial charge on any atom is -0.361 e. The van der Waals surface area contributed by atoms with Crippen molar-refractivity contribution >= 4 is 74.0 Å². The third-order valence-electron chi connectivity index (χ3n) is 7.73. The maximum atomic E-state index is 13.7. The second kappa shape index (κ2) is 12.6. The third kappa shape index (κ3) is 5.81. The maximum Gasteiger partial charge on any atom is 0.272 e. The van der Waals surface area contributed by atoms with E-state index in [9.17, 15) is 14.4 Å². The highest BCUT2D eigenvalue weighted by Gasteiger charge is 2.18. The van der Waals surface area contributed by atoms with Crippen LogP contribution in [0, 0.1) is 0 Å². The molecule has 0 bridgehead atoms. The number of anilines is 1. The molecule has 0 saturated heterocycles. The van der Waals surface area contributed by atoms with Gasteiger partial charge in [-0.25, -0.2) is 0 Å². The number of amides is 2. The van der Waals surface area contributed by atoms with E-state index in [1.807, 2.05) is 97.1 Å². The van der Waals surface area contributed by atoms with Gasteiger partial charge in [0.05, 0.1) is 16.8 Å². The monoisotopic (exact) mass is 620 g/mol. The van der Waals surface area contributed by atoms with E-state index in [1.165, 1.54) is 11.8 Å². The SMILES string of the molecule is O=C(Nc1cccc(SCC(=O)n2c3ccccc3c3ccccc32)c1)/C(=C/c1c[nH]c2ccccc12)NC(=O)c1ccccc1. The van der Waals surface area contributed by atoms with Crippen molar-refractivity contribution in [2.24, 2.45) is 0 Å². The Kier molecular flexibility index (Phi) is 7.93. The Morgan fingerprint density at radius 3 is 2.11 bits per heavy atom. The van der Waals surface area contributed by atoms with Crippen molar-refractivity contribution in [1.82, 2.24) is 14.9 Å². The first-order chi connectivity index (χ1) is 22.5. The van der Waals surface area contributed by atoms with Gasteiger partial charge in [0.25, 0.3) is 11.8 Å². The zero-order chi connectivity index (χ0) is 31.5. The van der Waals surface area contributed by atoms with Gasteiger partial charge in [0, 0.05) is 49.6 Å². The number of hydrogen-bond donors (Lipinski definition) is 3. The molecule has 0 aliphatic rings. The van der Waals surface area contributed by atoms with Gasteiger partial charge in [0.15, 0.2) is 0 Å². The molecule has 7 aromatic rings. The number of thioether (sulfide) groups is 1. The average molecular weight is 621 g/mol. The highest BCUT2D eigenvalue weighted by atomic mass is 32.2. The van der Waals surface area contributed by atoms with Crippen LogP contribution in [0.2, 0.25) is 0 Å². The number of carbonyl (C=O) groups is 3. The van der Waals surface area contributed by atoms with Crippen LogP contribution in [-0.2, 0) is 4.79 Å². The largest absolute Gasteiger partial charge is 0.361 e. The summed E-state index contributed by atoms with van der Waals surface area (Å²) >= 11 is 1.40. The first kappa shape index (κ1) is 28.9. The molecule has 2 aromatic heterocycles. The first-order valence-electron chi connectivity index (χ1n) is 14.7. The minimum atomic E-state index is -0.474. The molecule has 5 aromatic carbocycles. The van der Waals surface area contributed by atoms with E-state index in [4.69, 9.17) is 0 Å². The fourth-order valence-corrected chi connectivity index (χ4v) is 6.38. The molecular weight excluding hydrogens is 593 g/mol. The molecule has 3 N–H and O–H groups in total. The summed E-state index contributed by atoms with van der Waals surface area (Å²) in [7, 11) is 0. The molecule has 7 nitrogen and oxygen atoms in total. The molecule has 2 amide bonds. The molecule has 0 spiro atoms. The summed E-state index contributed by atoms with van der Waals surface area (Å²) in [4.78, 5) is 44.3. The summed E-state index contributed by atoms with van der Waals surface area (Å²) < 4.78 is 1.78. The van der Waals surface area contributed by atoms with Crippen molar-refractivity contribution in [3.63, 3.8) is 0 Å². The van der Waals surface area contributed by atoms with Crippen LogP contribution in [0.5, 0.6) is 0 Å². The molecule has 0 radical (unpaired) electrons. The molecule has 0 saturated carbocycles. The number of rotatable bonds is 8. The number of benzene rings is 5. The highest BCUT2D eigenvalue weighted by Crippen LogP contribution is 2.30. The Labute approximate surface area is 268 Å². The lowest BCUT2D eigenvalue weighted by atomic mass is 10.1. The normalized spacial score (nSPS) is 11.6. The van der Waals surface area contributed by atoms with Crippen molar-refractivity contribution < 1.29 is 14.4 Å². The predicted octanol–water partition coefficient (Wildman–Crippen LogP) is 8.12. The van der Waals surface area contributed by atoms with Crippen LogP contribution in [0.3, 0.4) is 0 Å². The molecule has 0 aliphatic heterocycles. The smallest absolute Gasteiger partial charge is 0.272 e. The number of carbonyl (C=O) groups excluding carboxylic acids is 3. The Balaban J connectivity index is 1.11. The molecule has 46 heavy (non-hydrogen) atoms. The van der Waals surface area contributed by atoms with Gasteiger partial charge in [-0.2, -0.15) is 0 Å². The van der Waals surface area contributed by atoms with Gasteiger partial charge in [0.2, 0.25) is 5.91 Å². The molecule has 224 valence electrons. The topological polar surface area (TPSA) is 96.0 Å². The maximum absolute atomic E-state index is 13.7.